The second-order valence-electron chi connectivity index (χ2n) is 12.7. The van der Waals surface area contributed by atoms with Gasteiger partial charge in [-0.25, -0.2) is 9.78 Å². The van der Waals surface area contributed by atoms with Crippen LogP contribution in [0, 0.1) is 0 Å². The molecule has 10 nitrogen and oxygen atoms in total. The lowest BCUT2D eigenvalue weighted by Gasteiger charge is -2.37. The van der Waals surface area contributed by atoms with Gasteiger partial charge in [0.15, 0.2) is 0 Å². The third kappa shape index (κ3) is 8.05. The van der Waals surface area contributed by atoms with Crippen LogP contribution >= 0.6 is 0 Å². The first-order chi connectivity index (χ1) is 23.0. The van der Waals surface area contributed by atoms with Crippen molar-refractivity contribution in [2.24, 2.45) is 0 Å². The number of benzene rings is 3. The number of aryl methyl sites for hydroxylation is 1. The van der Waals surface area contributed by atoms with Crippen molar-refractivity contribution in [2.75, 3.05) is 62.8 Å². The van der Waals surface area contributed by atoms with Crippen LogP contribution in [0.4, 0.5) is 16.2 Å². The molecule has 248 valence electrons. The Balaban J connectivity index is 1.07. The van der Waals surface area contributed by atoms with E-state index in [1.54, 1.807) is 7.11 Å². The van der Waals surface area contributed by atoms with Crippen molar-refractivity contribution in [3.05, 3.63) is 90.3 Å². The quantitative estimate of drug-likeness (QED) is 0.201. The van der Waals surface area contributed by atoms with Gasteiger partial charge in [-0.15, -0.1) is 0 Å². The van der Waals surface area contributed by atoms with Gasteiger partial charge >= 0.3 is 6.09 Å². The van der Waals surface area contributed by atoms with E-state index in [0.29, 0.717) is 26.1 Å². The van der Waals surface area contributed by atoms with Crippen molar-refractivity contribution in [3.63, 3.8) is 0 Å². The maximum Gasteiger partial charge on any atom is 0.404 e. The van der Waals surface area contributed by atoms with Gasteiger partial charge in [-0.1, -0.05) is 42.5 Å². The molecular formula is C37H46N6O4. The standard InChI is InChI=1S/C37H46N6O4/c1-47-24-8-19-43-34-13-6-5-12-33(34)39-36(43)29-9-7-18-42(27-29)35(44)26-30(38-37(45)46)25-28-14-16-32(17-15-28)41-22-20-40(21-23-41)31-10-3-2-4-11-31/h2-6,10-17,29-30,38H,7-9,18-27H2,1H3,(H,45,46)/t29-,30-/m1/s1. The highest BCUT2D eigenvalue weighted by Gasteiger charge is 2.30. The third-order valence-corrected chi connectivity index (χ3v) is 9.49. The number of hydrogen-bond acceptors (Lipinski definition) is 6. The van der Waals surface area contributed by atoms with Crippen molar-refractivity contribution >= 4 is 34.4 Å². The molecule has 0 aliphatic carbocycles. The van der Waals surface area contributed by atoms with Crippen molar-refractivity contribution < 1.29 is 19.4 Å². The number of nitrogens with zero attached hydrogens (tertiary/aromatic N) is 5. The summed E-state index contributed by atoms with van der Waals surface area (Å²) in [6.45, 7) is 6.53. The van der Waals surface area contributed by atoms with Crippen LogP contribution in [0.3, 0.4) is 0 Å². The Labute approximate surface area is 276 Å². The van der Waals surface area contributed by atoms with Crippen molar-refractivity contribution in [1.82, 2.24) is 19.8 Å². The molecule has 47 heavy (non-hydrogen) atoms. The highest BCUT2D eigenvalue weighted by molar-refractivity contribution is 5.78. The van der Waals surface area contributed by atoms with Gasteiger partial charge in [-0.2, -0.15) is 0 Å². The number of amides is 2. The maximum atomic E-state index is 13.7. The first-order valence-corrected chi connectivity index (χ1v) is 16.8. The van der Waals surface area contributed by atoms with Gasteiger partial charge in [0, 0.05) is 89.3 Å². The first kappa shape index (κ1) is 32.4. The summed E-state index contributed by atoms with van der Waals surface area (Å²) in [5, 5.41) is 12.2. The molecule has 0 radical (unpaired) electrons. The molecule has 6 rings (SSSR count). The summed E-state index contributed by atoms with van der Waals surface area (Å²) in [7, 11) is 1.72. The zero-order chi connectivity index (χ0) is 32.6. The molecule has 0 spiro atoms. The largest absolute Gasteiger partial charge is 0.465 e. The molecule has 0 unspecified atom stereocenters. The van der Waals surface area contributed by atoms with E-state index in [0.717, 1.165) is 80.1 Å². The van der Waals surface area contributed by atoms with Crippen LogP contribution in [0.5, 0.6) is 0 Å². The number of nitrogens with one attached hydrogen (secondary N) is 1. The van der Waals surface area contributed by atoms with E-state index in [9.17, 15) is 14.7 Å². The molecule has 2 aliphatic heterocycles. The van der Waals surface area contributed by atoms with Crippen LogP contribution in [-0.2, 0) is 22.5 Å². The summed E-state index contributed by atoms with van der Waals surface area (Å²) in [5.74, 6) is 1.11. The predicted molar refractivity (Wildman–Crippen MR) is 185 cm³/mol. The average molecular weight is 639 g/mol. The van der Waals surface area contributed by atoms with Crippen LogP contribution in [-0.4, -0.2) is 90.6 Å². The fourth-order valence-corrected chi connectivity index (χ4v) is 7.10. The number of hydrogen-bond donors (Lipinski definition) is 2. The number of likely N-dealkylation sites (tertiary alicyclic amines) is 1. The lowest BCUT2D eigenvalue weighted by Crippen LogP contribution is -2.46. The Kier molecular flexibility index (Phi) is 10.6. The summed E-state index contributed by atoms with van der Waals surface area (Å²) in [5.41, 5.74) is 5.49. The molecule has 3 aromatic carbocycles. The number of carbonyl (C=O) groups is 2. The number of piperidine rings is 1. The number of aromatic nitrogens is 2. The molecule has 2 fully saturated rings. The van der Waals surface area contributed by atoms with Crippen LogP contribution in [0.1, 0.15) is 43.0 Å². The maximum absolute atomic E-state index is 13.7. The van der Waals surface area contributed by atoms with Gasteiger partial charge in [-0.05, 0) is 67.6 Å². The van der Waals surface area contributed by atoms with Crippen LogP contribution in [0.25, 0.3) is 11.0 Å². The molecule has 2 saturated heterocycles. The van der Waals surface area contributed by atoms with Crippen LogP contribution in [0.15, 0.2) is 78.9 Å². The minimum atomic E-state index is -1.11. The Hall–Kier alpha value is -4.57. The third-order valence-electron chi connectivity index (χ3n) is 9.49. The lowest BCUT2D eigenvalue weighted by molar-refractivity contribution is -0.132. The number of para-hydroxylation sites is 3. The lowest BCUT2D eigenvalue weighted by atomic mass is 9.95. The van der Waals surface area contributed by atoms with Gasteiger partial charge in [0.2, 0.25) is 5.91 Å². The molecular weight excluding hydrogens is 592 g/mol. The number of piperazine rings is 1. The minimum Gasteiger partial charge on any atom is -0.465 e. The molecule has 2 aliphatic rings. The summed E-state index contributed by atoms with van der Waals surface area (Å²) in [4.78, 5) is 37.1. The second-order valence-corrected chi connectivity index (χ2v) is 12.7. The number of imidazole rings is 1. The number of fused-ring (bicyclic) bond motifs is 1. The highest BCUT2D eigenvalue weighted by atomic mass is 16.5. The second kappa shape index (κ2) is 15.3. The molecule has 2 amide bonds. The van der Waals surface area contributed by atoms with E-state index in [2.05, 4.69) is 74.3 Å². The fourth-order valence-electron chi connectivity index (χ4n) is 7.10. The number of methoxy groups -OCH3 is 1. The molecule has 1 aromatic heterocycles. The Bertz CT molecular complexity index is 1620. The predicted octanol–water partition coefficient (Wildman–Crippen LogP) is 5.37. The molecule has 0 bridgehead atoms. The van der Waals surface area contributed by atoms with E-state index < -0.39 is 12.1 Å². The van der Waals surface area contributed by atoms with Gasteiger partial charge in [0.1, 0.15) is 5.82 Å². The normalized spacial score (nSPS) is 17.6. The summed E-state index contributed by atoms with van der Waals surface area (Å²) < 4.78 is 7.59. The van der Waals surface area contributed by atoms with Crippen molar-refractivity contribution in [1.29, 1.82) is 0 Å². The van der Waals surface area contributed by atoms with Crippen molar-refractivity contribution in [2.45, 2.75) is 50.6 Å². The Morgan fingerprint density at radius 1 is 0.915 bits per heavy atom. The minimum absolute atomic E-state index is 0.0246. The van der Waals surface area contributed by atoms with Gasteiger partial charge in [-0.3, -0.25) is 4.79 Å². The van der Waals surface area contributed by atoms with Gasteiger partial charge < -0.3 is 34.4 Å². The number of rotatable bonds is 12. The molecule has 2 N–H and O–H groups in total. The number of ether oxygens (including phenoxy) is 1. The zero-order valence-corrected chi connectivity index (χ0v) is 27.3. The zero-order valence-electron chi connectivity index (χ0n) is 27.3. The molecule has 10 heteroatoms. The number of carboxylic acid groups (broad SMARTS) is 1. The monoisotopic (exact) mass is 638 g/mol. The smallest absolute Gasteiger partial charge is 0.404 e. The first-order valence-electron chi connectivity index (χ1n) is 16.8. The number of anilines is 2. The summed E-state index contributed by atoms with van der Waals surface area (Å²) >= 11 is 0. The van der Waals surface area contributed by atoms with E-state index >= 15 is 0 Å². The summed E-state index contributed by atoms with van der Waals surface area (Å²) in [6.07, 6.45) is 2.18. The number of carbonyl (C=O) groups excluding carboxylic acids is 1. The van der Waals surface area contributed by atoms with Gasteiger partial charge in [0.25, 0.3) is 0 Å². The van der Waals surface area contributed by atoms with E-state index in [4.69, 9.17) is 9.72 Å². The van der Waals surface area contributed by atoms with E-state index in [1.165, 1.54) is 5.69 Å². The summed E-state index contributed by atoms with van der Waals surface area (Å²) in [6, 6.07) is 26.5. The highest BCUT2D eigenvalue weighted by Crippen LogP contribution is 2.30. The average Bonchev–Trinajstić information content (AvgIpc) is 3.47. The van der Waals surface area contributed by atoms with Crippen LogP contribution < -0.4 is 15.1 Å². The fraction of sp³-hybridized carbons (Fsp3) is 0.432. The van der Waals surface area contributed by atoms with E-state index in [1.807, 2.05) is 29.2 Å². The van der Waals surface area contributed by atoms with Crippen LogP contribution in [0.2, 0.25) is 0 Å². The SMILES string of the molecule is COCCCn1c([C@@H]2CCCN(C(=O)C[C@@H](Cc3ccc(N4CCN(c5ccccc5)CC4)cc3)NC(=O)O)C2)nc2ccccc21. The van der Waals surface area contributed by atoms with Crippen molar-refractivity contribution in [3.8, 4) is 0 Å². The van der Waals surface area contributed by atoms with Gasteiger partial charge in [0.05, 0.1) is 11.0 Å². The molecule has 0 saturated carbocycles. The van der Waals surface area contributed by atoms with E-state index in [-0.39, 0.29) is 18.2 Å². The molecule has 3 heterocycles. The topological polar surface area (TPSA) is 103 Å². The Morgan fingerprint density at radius 3 is 2.30 bits per heavy atom. The Morgan fingerprint density at radius 2 is 1.60 bits per heavy atom. The molecule has 2 atom stereocenters. The molecule has 4 aromatic rings.